The van der Waals surface area contributed by atoms with Gasteiger partial charge in [-0.2, -0.15) is 5.10 Å². The molecule has 2 N–H and O–H groups in total. The van der Waals surface area contributed by atoms with Crippen LogP contribution < -0.4 is 5.32 Å². The summed E-state index contributed by atoms with van der Waals surface area (Å²) >= 11 is 1.17. The summed E-state index contributed by atoms with van der Waals surface area (Å²) in [5.74, 6) is -0.193. The molecule has 1 saturated heterocycles. The maximum absolute atomic E-state index is 12.2. The fourth-order valence-electron chi connectivity index (χ4n) is 2.65. The molecular weight excluding hydrogens is 402 g/mol. The molecule has 1 aromatic heterocycles. The number of nitrogens with one attached hydrogen (secondary N) is 1. The minimum atomic E-state index is -0.985. The normalized spacial score (nSPS) is 16.5. The Labute approximate surface area is 175 Å². The van der Waals surface area contributed by atoms with Crippen molar-refractivity contribution in [1.29, 1.82) is 0 Å². The van der Waals surface area contributed by atoms with Gasteiger partial charge in [0.25, 0.3) is 5.91 Å². The van der Waals surface area contributed by atoms with Gasteiger partial charge in [0, 0.05) is 11.6 Å². The molecule has 0 saturated carbocycles. The molecule has 1 fully saturated rings. The number of aromatic carboxylic acids is 1. The molecule has 0 aliphatic carbocycles. The Kier molecular flexibility index (Phi) is 5.58. The van der Waals surface area contributed by atoms with Crippen molar-refractivity contribution in [2.24, 2.45) is 10.2 Å². The number of nitrogens with zero attached hydrogens (tertiary/aromatic N) is 2. The largest absolute Gasteiger partial charge is 0.478 e. The third kappa shape index (κ3) is 4.56. The van der Waals surface area contributed by atoms with Crippen molar-refractivity contribution in [1.82, 2.24) is 5.32 Å². The standard InChI is InChI=1S/C22H15N3O4S/c26-20-19(30-22(24-20)25-23-13-14-4-2-1-3-5-14)12-17-10-11-18(29-17)15-6-8-16(9-7-15)21(27)28/h1-13H,(H,27,28)(H,24,25,26)/b19-12+,23-13-. The number of furan rings is 1. The molecule has 30 heavy (non-hydrogen) atoms. The first-order valence-electron chi connectivity index (χ1n) is 8.89. The van der Waals surface area contributed by atoms with E-state index in [4.69, 9.17) is 9.52 Å². The third-order valence-corrected chi connectivity index (χ3v) is 5.02. The lowest BCUT2D eigenvalue weighted by molar-refractivity contribution is -0.115. The number of amides is 1. The third-order valence-electron chi connectivity index (χ3n) is 4.12. The van der Waals surface area contributed by atoms with Crippen LogP contribution in [0.4, 0.5) is 0 Å². The van der Waals surface area contributed by atoms with Crippen LogP contribution in [0.3, 0.4) is 0 Å². The van der Waals surface area contributed by atoms with E-state index in [-0.39, 0.29) is 11.5 Å². The van der Waals surface area contributed by atoms with Crippen molar-refractivity contribution >= 4 is 41.1 Å². The molecule has 2 heterocycles. The summed E-state index contributed by atoms with van der Waals surface area (Å²) in [4.78, 5) is 23.6. The SMILES string of the molecule is O=C1N/C(=N\N=C/c2ccccc2)S/C1=C/c1ccc(-c2ccc(C(=O)O)cc2)o1. The highest BCUT2D eigenvalue weighted by molar-refractivity contribution is 8.18. The van der Waals surface area contributed by atoms with Crippen LogP contribution in [0.15, 0.2) is 86.3 Å². The lowest BCUT2D eigenvalue weighted by Gasteiger charge is -1.98. The highest BCUT2D eigenvalue weighted by Gasteiger charge is 2.24. The number of carbonyl (C=O) groups excluding carboxylic acids is 1. The molecule has 1 aliphatic heterocycles. The molecule has 0 atom stereocenters. The first kappa shape index (κ1) is 19.4. The van der Waals surface area contributed by atoms with Crippen molar-refractivity contribution in [2.45, 2.75) is 0 Å². The predicted molar refractivity (Wildman–Crippen MR) is 116 cm³/mol. The molecule has 8 heteroatoms. The predicted octanol–water partition coefficient (Wildman–Crippen LogP) is 4.24. The Hall–Kier alpha value is -3.91. The number of hydrogen-bond acceptors (Lipinski definition) is 6. The first-order valence-corrected chi connectivity index (χ1v) is 9.71. The van der Waals surface area contributed by atoms with E-state index in [2.05, 4.69) is 15.5 Å². The first-order chi connectivity index (χ1) is 14.6. The molecule has 0 spiro atoms. The van der Waals surface area contributed by atoms with Gasteiger partial charge in [-0.15, -0.1) is 5.10 Å². The maximum atomic E-state index is 12.2. The molecule has 148 valence electrons. The number of benzene rings is 2. The molecule has 7 nitrogen and oxygen atoms in total. The molecule has 0 radical (unpaired) electrons. The Morgan fingerprint density at radius 2 is 1.80 bits per heavy atom. The van der Waals surface area contributed by atoms with Crippen LogP contribution in [0.25, 0.3) is 17.4 Å². The summed E-state index contributed by atoms with van der Waals surface area (Å²) in [6.07, 6.45) is 3.23. The highest BCUT2D eigenvalue weighted by atomic mass is 32.2. The summed E-state index contributed by atoms with van der Waals surface area (Å²) < 4.78 is 5.77. The number of carboxylic acids is 1. The zero-order valence-corrected chi connectivity index (χ0v) is 16.3. The van der Waals surface area contributed by atoms with Crippen LogP contribution in [0.2, 0.25) is 0 Å². The monoisotopic (exact) mass is 417 g/mol. The second-order valence-corrected chi connectivity index (χ2v) is 7.24. The van der Waals surface area contributed by atoms with E-state index in [9.17, 15) is 9.59 Å². The van der Waals surface area contributed by atoms with Crippen LogP contribution in [-0.2, 0) is 4.79 Å². The number of carbonyl (C=O) groups is 2. The lowest BCUT2D eigenvalue weighted by Crippen LogP contribution is -2.19. The number of thioether (sulfide) groups is 1. The Bertz CT molecular complexity index is 1180. The lowest BCUT2D eigenvalue weighted by atomic mass is 10.1. The van der Waals surface area contributed by atoms with Gasteiger partial charge in [-0.1, -0.05) is 42.5 Å². The van der Waals surface area contributed by atoms with E-state index >= 15 is 0 Å². The summed E-state index contributed by atoms with van der Waals surface area (Å²) in [5.41, 5.74) is 1.85. The molecular formula is C22H15N3O4S. The van der Waals surface area contributed by atoms with Gasteiger partial charge >= 0.3 is 5.97 Å². The van der Waals surface area contributed by atoms with E-state index in [0.717, 1.165) is 11.1 Å². The quantitative estimate of drug-likeness (QED) is 0.367. The summed E-state index contributed by atoms with van der Waals surface area (Å²) in [5, 5.41) is 20.1. The van der Waals surface area contributed by atoms with Gasteiger partial charge in [0.1, 0.15) is 11.5 Å². The zero-order chi connectivity index (χ0) is 20.9. The Balaban J connectivity index is 1.46. The van der Waals surface area contributed by atoms with Crippen molar-refractivity contribution in [3.63, 3.8) is 0 Å². The van der Waals surface area contributed by atoms with Crippen LogP contribution in [-0.4, -0.2) is 28.4 Å². The molecule has 3 aromatic rings. The van der Waals surface area contributed by atoms with Crippen molar-refractivity contribution < 1.29 is 19.1 Å². The summed E-state index contributed by atoms with van der Waals surface area (Å²) in [6, 6.07) is 19.4. The second kappa shape index (κ2) is 8.62. The zero-order valence-electron chi connectivity index (χ0n) is 15.5. The number of rotatable bonds is 5. The van der Waals surface area contributed by atoms with Crippen molar-refractivity contribution in [3.8, 4) is 11.3 Å². The minimum Gasteiger partial charge on any atom is -0.478 e. The van der Waals surface area contributed by atoms with E-state index in [1.54, 1.807) is 36.6 Å². The second-order valence-electron chi connectivity index (χ2n) is 6.21. The Morgan fingerprint density at radius 3 is 2.53 bits per heavy atom. The van der Waals surface area contributed by atoms with Crippen molar-refractivity contribution in [3.05, 3.63) is 88.5 Å². The van der Waals surface area contributed by atoms with Gasteiger partial charge in [-0.05, 0) is 41.6 Å². The van der Waals surface area contributed by atoms with Crippen molar-refractivity contribution in [2.75, 3.05) is 0 Å². The Morgan fingerprint density at radius 1 is 1.03 bits per heavy atom. The molecule has 1 aliphatic rings. The molecule has 1 amide bonds. The average Bonchev–Trinajstić information content (AvgIpc) is 3.36. The van der Waals surface area contributed by atoms with E-state index < -0.39 is 5.97 Å². The summed E-state index contributed by atoms with van der Waals surface area (Å²) in [7, 11) is 0. The fraction of sp³-hybridized carbons (Fsp3) is 0. The van der Waals surface area contributed by atoms with Crippen LogP contribution in [0.1, 0.15) is 21.7 Å². The number of carboxylic acid groups (broad SMARTS) is 1. The van der Waals surface area contributed by atoms with Gasteiger partial charge in [0.15, 0.2) is 5.17 Å². The molecule has 4 rings (SSSR count). The van der Waals surface area contributed by atoms with Gasteiger partial charge in [0.2, 0.25) is 0 Å². The fourth-order valence-corrected chi connectivity index (χ4v) is 3.41. The summed E-state index contributed by atoms with van der Waals surface area (Å²) in [6.45, 7) is 0. The molecule has 0 unspecified atom stereocenters. The molecule has 2 aromatic carbocycles. The van der Waals surface area contributed by atoms with Crippen LogP contribution >= 0.6 is 11.8 Å². The van der Waals surface area contributed by atoms with Gasteiger partial charge in [-0.3, -0.25) is 10.1 Å². The van der Waals surface area contributed by atoms with Crippen LogP contribution in [0, 0.1) is 0 Å². The molecule has 0 bridgehead atoms. The number of amidine groups is 1. The van der Waals surface area contributed by atoms with Crippen LogP contribution in [0.5, 0.6) is 0 Å². The highest BCUT2D eigenvalue weighted by Crippen LogP contribution is 2.29. The van der Waals surface area contributed by atoms with E-state index in [0.29, 0.717) is 21.6 Å². The average molecular weight is 417 g/mol. The van der Waals surface area contributed by atoms with Gasteiger partial charge in [-0.25, -0.2) is 4.79 Å². The van der Waals surface area contributed by atoms with E-state index in [1.807, 2.05) is 30.3 Å². The minimum absolute atomic E-state index is 0.202. The maximum Gasteiger partial charge on any atom is 0.335 e. The van der Waals surface area contributed by atoms with Gasteiger partial charge in [0.05, 0.1) is 16.7 Å². The topological polar surface area (TPSA) is 104 Å². The van der Waals surface area contributed by atoms with Gasteiger partial charge < -0.3 is 9.52 Å². The smallest absolute Gasteiger partial charge is 0.335 e. The number of hydrogen-bond donors (Lipinski definition) is 2. The van der Waals surface area contributed by atoms with E-state index in [1.165, 1.54) is 23.9 Å².